The van der Waals surface area contributed by atoms with Crippen LogP contribution in [0.15, 0.2) is 30.3 Å². The van der Waals surface area contributed by atoms with Gasteiger partial charge in [0.2, 0.25) is 0 Å². The van der Waals surface area contributed by atoms with Gasteiger partial charge in [-0.1, -0.05) is 30.3 Å². The van der Waals surface area contributed by atoms with Crippen molar-refractivity contribution in [3.8, 4) is 0 Å². The fourth-order valence-electron chi connectivity index (χ4n) is 2.07. The van der Waals surface area contributed by atoms with Gasteiger partial charge in [-0.2, -0.15) is 8.42 Å². The van der Waals surface area contributed by atoms with Crippen LogP contribution in [0, 0.1) is 0 Å². The monoisotopic (exact) mass is 285 g/mol. The molecule has 1 fully saturated rings. The zero-order valence-corrected chi connectivity index (χ0v) is 11.8. The zero-order valence-electron chi connectivity index (χ0n) is 11.0. The summed E-state index contributed by atoms with van der Waals surface area (Å²) >= 11 is 0. The second-order valence-electron chi connectivity index (χ2n) is 4.67. The Morgan fingerprint density at radius 1 is 1.37 bits per heavy atom. The van der Waals surface area contributed by atoms with E-state index in [0.29, 0.717) is 13.2 Å². The average molecular weight is 285 g/mol. The molecule has 1 aromatic rings. The van der Waals surface area contributed by atoms with Gasteiger partial charge in [-0.25, -0.2) is 0 Å². The first-order chi connectivity index (χ1) is 9.04. The summed E-state index contributed by atoms with van der Waals surface area (Å²) in [4.78, 5) is 2.20. The van der Waals surface area contributed by atoms with E-state index < -0.39 is 10.1 Å². The van der Waals surface area contributed by atoms with Crippen molar-refractivity contribution in [1.82, 2.24) is 4.90 Å². The summed E-state index contributed by atoms with van der Waals surface area (Å²) in [5, 5.41) is 0. The number of benzene rings is 1. The van der Waals surface area contributed by atoms with Crippen molar-refractivity contribution >= 4 is 10.1 Å². The smallest absolute Gasteiger partial charge is 0.264 e. The SMILES string of the molecule is CS(=O)(=O)OC[C@@H]1COCCN1Cc1ccccc1. The van der Waals surface area contributed by atoms with Crippen LogP contribution in [0.2, 0.25) is 0 Å². The lowest BCUT2D eigenvalue weighted by atomic mass is 10.1. The molecular formula is C13H19NO4S. The van der Waals surface area contributed by atoms with Gasteiger partial charge in [-0.05, 0) is 5.56 Å². The molecule has 5 nitrogen and oxygen atoms in total. The minimum absolute atomic E-state index is 0.0244. The molecule has 0 radical (unpaired) electrons. The van der Waals surface area contributed by atoms with Crippen LogP contribution in [0.3, 0.4) is 0 Å². The number of ether oxygens (including phenoxy) is 1. The molecule has 0 bridgehead atoms. The van der Waals surface area contributed by atoms with Crippen LogP contribution in [0.1, 0.15) is 5.56 Å². The van der Waals surface area contributed by atoms with Crippen LogP contribution in [-0.4, -0.2) is 52.0 Å². The van der Waals surface area contributed by atoms with Crippen LogP contribution in [-0.2, 0) is 25.6 Å². The molecule has 1 saturated heterocycles. The zero-order chi connectivity index (χ0) is 13.7. The molecule has 0 saturated carbocycles. The van der Waals surface area contributed by atoms with Crippen LogP contribution in [0.5, 0.6) is 0 Å². The maximum atomic E-state index is 11.1. The van der Waals surface area contributed by atoms with Crippen molar-refractivity contribution in [2.75, 3.05) is 32.6 Å². The van der Waals surface area contributed by atoms with Crippen LogP contribution in [0.25, 0.3) is 0 Å². The molecule has 0 aliphatic carbocycles. The topological polar surface area (TPSA) is 55.8 Å². The van der Waals surface area contributed by atoms with E-state index in [-0.39, 0.29) is 12.6 Å². The Labute approximate surface area is 114 Å². The second kappa shape index (κ2) is 6.47. The van der Waals surface area contributed by atoms with Crippen molar-refractivity contribution in [3.63, 3.8) is 0 Å². The Morgan fingerprint density at radius 3 is 2.79 bits per heavy atom. The normalized spacial score (nSPS) is 21.4. The van der Waals surface area contributed by atoms with E-state index in [9.17, 15) is 8.42 Å². The molecule has 1 aliphatic rings. The highest BCUT2D eigenvalue weighted by atomic mass is 32.2. The molecule has 1 aliphatic heterocycles. The van der Waals surface area contributed by atoms with Gasteiger partial charge in [0.05, 0.1) is 32.1 Å². The quantitative estimate of drug-likeness (QED) is 0.751. The van der Waals surface area contributed by atoms with Gasteiger partial charge in [0.15, 0.2) is 0 Å². The third kappa shape index (κ3) is 4.91. The molecule has 0 N–H and O–H groups in total. The molecule has 0 amide bonds. The fourth-order valence-corrected chi connectivity index (χ4v) is 2.48. The summed E-state index contributed by atoms with van der Waals surface area (Å²) in [7, 11) is -3.40. The van der Waals surface area contributed by atoms with Gasteiger partial charge in [-0.3, -0.25) is 9.08 Å². The maximum absolute atomic E-state index is 11.1. The minimum atomic E-state index is -3.40. The van der Waals surface area contributed by atoms with Crippen LogP contribution < -0.4 is 0 Å². The van der Waals surface area contributed by atoms with Gasteiger partial charge < -0.3 is 4.74 Å². The van der Waals surface area contributed by atoms with E-state index in [0.717, 1.165) is 19.3 Å². The van der Waals surface area contributed by atoms with E-state index in [1.807, 2.05) is 18.2 Å². The summed E-state index contributed by atoms with van der Waals surface area (Å²) in [5.74, 6) is 0. The van der Waals surface area contributed by atoms with Gasteiger partial charge in [-0.15, -0.1) is 0 Å². The van der Waals surface area contributed by atoms with Gasteiger partial charge in [0.1, 0.15) is 0 Å². The Balaban J connectivity index is 1.96. The molecule has 0 aromatic heterocycles. The molecule has 19 heavy (non-hydrogen) atoms. The molecule has 1 aromatic carbocycles. The lowest BCUT2D eigenvalue weighted by molar-refractivity contribution is -0.0264. The van der Waals surface area contributed by atoms with Crippen molar-refractivity contribution in [2.24, 2.45) is 0 Å². The summed E-state index contributed by atoms with van der Waals surface area (Å²) < 4.78 is 32.4. The number of nitrogens with zero attached hydrogens (tertiary/aromatic N) is 1. The summed E-state index contributed by atoms with van der Waals surface area (Å²) in [6.45, 7) is 2.88. The predicted octanol–water partition coefficient (Wildman–Crippen LogP) is 0.864. The number of hydrogen-bond donors (Lipinski definition) is 0. The third-order valence-corrected chi connectivity index (χ3v) is 3.62. The average Bonchev–Trinajstić information content (AvgIpc) is 2.38. The maximum Gasteiger partial charge on any atom is 0.264 e. The second-order valence-corrected chi connectivity index (χ2v) is 6.32. The molecule has 6 heteroatoms. The molecule has 2 rings (SSSR count). The van der Waals surface area contributed by atoms with E-state index in [4.69, 9.17) is 8.92 Å². The third-order valence-electron chi connectivity index (χ3n) is 3.05. The van der Waals surface area contributed by atoms with Crippen molar-refractivity contribution < 1.29 is 17.3 Å². The van der Waals surface area contributed by atoms with Crippen LogP contribution >= 0.6 is 0 Å². The Kier molecular flexibility index (Phi) is 4.93. The largest absolute Gasteiger partial charge is 0.378 e. The lowest BCUT2D eigenvalue weighted by Crippen LogP contribution is -2.47. The lowest BCUT2D eigenvalue weighted by Gasteiger charge is -2.35. The Morgan fingerprint density at radius 2 is 2.11 bits per heavy atom. The van der Waals surface area contributed by atoms with Crippen molar-refractivity contribution in [1.29, 1.82) is 0 Å². The highest BCUT2D eigenvalue weighted by Gasteiger charge is 2.24. The summed E-state index contributed by atoms with van der Waals surface area (Å²) in [5.41, 5.74) is 1.20. The molecule has 1 atom stereocenters. The molecular weight excluding hydrogens is 266 g/mol. The summed E-state index contributed by atoms with van der Waals surface area (Å²) in [6, 6.07) is 10.1. The van der Waals surface area contributed by atoms with Crippen LogP contribution in [0.4, 0.5) is 0 Å². The number of morpholine rings is 1. The highest BCUT2D eigenvalue weighted by Crippen LogP contribution is 2.13. The highest BCUT2D eigenvalue weighted by molar-refractivity contribution is 7.85. The molecule has 0 spiro atoms. The van der Waals surface area contributed by atoms with E-state index in [1.54, 1.807) is 0 Å². The first-order valence-corrected chi connectivity index (χ1v) is 8.06. The van der Waals surface area contributed by atoms with Crippen molar-refractivity contribution in [3.05, 3.63) is 35.9 Å². The Bertz CT molecular complexity index is 489. The Hall–Kier alpha value is -0.950. The van der Waals surface area contributed by atoms with Gasteiger partial charge in [0.25, 0.3) is 10.1 Å². The van der Waals surface area contributed by atoms with E-state index in [1.165, 1.54) is 5.56 Å². The standard InChI is InChI=1S/C13H19NO4S/c1-19(15,16)18-11-13-10-17-8-7-14(13)9-12-5-3-2-4-6-12/h2-6,13H,7-11H2,1H3/t13-/m0/s1. The number of hydrogen-bond acceptors (Lipinski definition) is 5. The first kappa shape index (κ1) is 14.5. The van der Waals surface area contributed by atoms with Gasteiger partial charge >= 0.3 is 0 Å². The van der Waals surface area contributed by atoms with E-state index >= 15 is 0 Å². The van der Waals surface area contributed by atoms with Gasteiger partial charge in [0, 0.05) is 13.1 Å². The molecule has 106 valence electrons. The fraction of sp³-hybridized carbons (Fsp3) is 0.538. The molecule has 0 unspecified atom stereocenters. The van der Waals surface area contributed by atoms with E-state index in [2.05, 4.69) is 17.0 Å². The summed E-state index contributed by atoms with van der Waals surface area (Å²) in [6.07, 6.45) is 1.07. The minimum Gasteiger partial charge on any atom is -0.378 e. The van der Waals surface area contributed by atoms with Crippen molar-refractivity contribution in [2.45, 2.75) is 12.6 Å². The predicted molar refractivity (Wildman–Crippen MR) is 72.3 cm³/mol. The number of rotatable bonds is 5. The molecule has 1 heterocycles. The first-order valence-electron chi connectivity index (χ1n) is 6.25.